The summed E-state index contributed by atoms with van der Waals surface area (Å²) in [5, 5.41) is 11.8. The average molecular weight is 416 g/mol. The van der Waals surface area contributed by atoms with Crippen molar-refractivity contribution in [2.24, 2.45) is 0 Å². The third-order valence-electron chi connectivity index (χ3n) is 7.49. The van der Waals surface area contributed by atoms with Crippen molar-refractivity contribution in [2.75, 3.05) is 13.6 Å². The fourth-order valence-corrected chi connectivity index (χ4v) is 4.54. The Morgan fingerprint density at radius 2 is 1.80 bits per heavy atom. The van der Waals surface area contributed by atoms with Crippen molar-refractivity contribution in [3.8, 4) is 0 Å². The van der Waals surface area contributed by atoms with E-state index in [1.54, 1.807) is 13.8 Å². The van der Waals surface area contributed by atoms with E-state index in [9.17, 15) is 14.7 Å². The fraction of sp³-hybridized carbons (Fsp3) is 0.636. The molecule has 0 saturated carbocycles. The van der Waals surface area contributed by atoms with E-state index < -0.39 is 30.5 Å². The summed E-state index contributed by atoms with van der Waals surface area (Å²) >= 11 is 0. The molecule has 2 aliphatic rings. The first-order valence-corrected chi connectivity index (χ1v) is 10.6. The van der Waals surface area contributed by atoms with E-state index in [2.05, 4.69) is 0 Å². The van der Waals surface area contributed by atoms with Gasteiger partial charge < -0.3 is 24.1 Å². The number of amides is 2. The summed E-state index contributed by atoms with van der Waals surface area (Å²) in [4.78, 5) is 25.9. The van der Waals surface area contributed by atoms with Crippen LogP contribution in [0.15, 0.2) is 18.2 Å². The van der Waals surface area contributed by atoms with Crippen LogP contribution >= 0.6 is 0 Å². The molecular formula is C22H33BN2O5. The van der Waals surface area contributed by atoms with Crippen molar-refractivity contribution in [1.29, 1.82) is 0 Å². The quantitative estimate of drug-likeness (QED) is 0.556. The number of benzene rings is 1. The summed E-state index contributed by atoms with van der Waals surface area (Å²) in [5.41, 5.74) is 1.48. The number of carbonyl (C=O) groups excluding carboxylic acids is 2. The first-order valence-electron chi connectivity index (χ1n) is 10.6. The maximum absolute atomic E-state index is 12.7. The Morgan fingerprint density at radius 3 is 2.27 bits per heavy atom. The molecule has 8 heteroatoms. The van der Waals surface area contributed by atoms with E-state index in [-0.39, 0.29) is 16.4 Å². The van der Waals surface area contributed by atoms with Gasteiger partial charge in [-0.05, 0) is 53.1 Å². The zero-order valence-electron chi connectivity index (χ0n) is 19.3. The Kier molecular flexibility index (Phi) is 5.59. The summed E-state index contributed by atoms with van der Waals surface area (Å²) < 4.78 is 12.5. The van der Waals surface area contributed by atoms with Gasteiger partial charge in [0.2, 0.25) is 0 Å². The molecule has 164 valence electrons. The lowest BCUT2D eigenvalue weighted by Gasteiger charge is -2.47. The first kappa shape index (κ1) is 22.8. The number of rotatable bonds is 3. The van der Waals surface area contributed by atoms with Crippen LogP contribution in [0.1, 0.15) is 66.5 Å². The van der Waals surface area contributed by atoms with E-state index in [0.717, 1.165) is 16.7 Å². The van der Waals surface area contributed by atoms with Gasteiger partial charge in [-0.25, -0.2) is 9.28 Å². The lowest BCUT2D eigenvalue weighted by molar-refractivity contribution is -0.268. The van der Waals surface area contributed by atoms with Crippen molar-refractivity contribution in [2.45, 2.75) is 78.2 Å². The molecule has 7 nitrogen and oxygen atoms in total. The van der Waals surface area contributed by atoms with E-state index in [1.807, 2.05) is 59.9 Å². The van der Waals surface area contributed by atoms with Crippen LogP contribution < -0.4 is 15.1 Å². The largest absolute Gasteiger partial charge is 0.530 e. The Bertz CT molecular complexity index is 855. The van der Waals surface area contributed by atoms with Crippen LogP contribution in [0.4, 0.5) is 10.5 Å². The molecule has 3 rings (SSSR count). The van der Waals surface area contributed by atoms with Crippen LogP contribution in [-0.4, -0.2) is 54.9 Å². The topological polar surface area (TPSA) is 78.9 Å². The second-order valence-electron chi connectivity index (χ2n) is 9.65. The standard InChI is InChI=1S/C22H33BN2O5/c1-9-24(20(27)28)18-12-14(2)25(8,15(3)26)19-11-10-16(13-17(18)19)23-29-21(4,5)22(6,7)30-23/h10-11,13-14,18H,9,12H2,1-8H3. The van der Waals surface area contributed by atoms with Gasteiger partial charge >= 0.3 is 13.0 Å². The van der Waals surface area contributed by atoms with Gasteiger partial charge in [0.1, 0.15) is 11.8 Å². The Labute approximate surface area is 179 Å². The Morgan fingerprint density at radius 1 is 1.23 bits per heavy atom. The first-order chi connectivity index (χ1) is 13.8. The number of fused-ring (bicyclic) bond motifs is 1. The predicted molar refractivity (Wildman–Crippen MR) is 115 cm³/mol. The van der Waals surface area contributed by atoms with Gasteiger partial charge in [0.15, 0.2) is 0 Å². The minimum atomic E-state index is -1.21. The molecular weight excluding hydrogens is 383 g/mol. The predicted octanol–water partition coefficient (Wildman–Crippen LogP) is 1.97. The maximum atomic E-state index is 12.7. The lowest BCUT2D eigenvalue weighted by atomic mass is 9.76. The monoisotopic (exact) mass is 416 g/mol. The van der Waals surface area contributed by atoms with E-state index in [4.69, 9.17) is 9.31 Å². The molecule has 2 heterocycles. The molecule has 0 spiro atoms. The molecule has 1 saturated heterocycles. The molecule has 0 aliphatic carbocycles. The smallest absolute Gasteiger partial charge is 0.494 e. The van der Waals surface area contributed by atoms with Crippen molar-refractivity contribution in [3.63, 3.8) is 0 Å². The second-order valence-corrected chi connectivity index (χ2v) is 9.65. The van der Waals surface area contributed by atoms with Crippen molar-refractivity contribution < 1.29 is 24.0 Å². The molecule has 2 aliphatic heterocycles. The van der Waals surface area contributed by atoms with Crippen LogP contribution in [0.25, 0.3) is 0 Å². The van der Waals surface area contributed by atoms with Gasteiger partial charge in [-0.2, -0.15) is 0 Å². The molecule has 3 atom stereocenters. The van der Waals surface area contributed by atoms with Crippen LogP contribution in [0.5, 0.6) is 0 Å². The number of carboxylic acid groups (broad SMARTS) is 1. The minimum Gasteiger partial charge on any atom is -0.530 e. The van der Waals surface area contributed by atoms with E-state index in [0.29, 0.717) is 13.0 Å². The highest BCUT2D eigenvalue weighted by Crippen LogP contribution is 2.44. The normalized spacial score (nSPS) is 29.4. The second kappa shape index (κ2) is 7.36. The molecule has 0 aromatic heterocycles. The SMILES string of the molecule is CCN(C(=O)[O-])C1CC(C)[N+](C)(C(C)=O)c2ccc(B3OC(C)(C)C(C)(C)O3)cc21. The zero-order chi connectivity index (χ0) is 22.6. The summed E-state index contributed by atoms with van der Waals surface area (Å²) in [5.74, 6) is 0.0158. The minimum absolute atomic E-state index is 0.0158. The van der Waals surface area contributed by atoms with Gasteiger partial charge in [0.05, 0.1) is 37.3 Å². The van der Waals surface area contributed by atoms with Gasteiger partial charge in [0, 0.05) is 18.5 Å². The van der Waals surface area contributed by atoms with Gasteiger partial charge in [-0.1, -0.05) is 12.1 Å². The number of hydrogen-bond donors (Lipinski definition) is 0. The number of carbonyl (C=O) groups is 2. The molecule has 1 aromatic carbocycles. The molecule has 0 N–H and O–H groups in total. The summed E-state index contributed by atoms with van der Waals surface area (Å²) in [7, 11) is 1.33. The highest BCUT2D eigenvalue weighted by molar-refractivity contribution is 6.62. The van der Waals surface area contributed by atoms with Crippen LogP contribution in [-0.2, 0) is 14.1 Å². The highest BCUT2D eigenvalue weighted by atomic mass is 16.7. The van der Waals surface area contributed by atoms with Gasteiger partial charge in [-0.15, -0.1) is 0 Å². The van der Waals surface area contributed by atoms with Crippen molar-refractivity contribution in [3.05, 3.63) is 23.8 Å². The molecule has 2 amide bonds. The molecule has 1 aromatic rings. The summed E-state index contributed by atoms with van der Waals surface area (Å²) in [6.45, 7) is 13.7. The molecule has 3 unspecified atom stereocenters. The summed E-state index contributed by atoms with van der Waals surface area (Å²) in [6.07, 6.45) is -0.682. The highest BCUT2D eigenvalue weighted by Gasteiger charge is 2.53. The number of nitrogens with zero attached hydrogens (tertiary/aromatic N) is 2. The number of quaternary nitrogens is 1. The summed E-state index contributed by atoms with van der Waals surface area (Å²) in [6, 6.07) is 5.32. The average Bonchev–Trinajstić information content (AvgIpc) is 2.86. The number of hydrogen-bond acceptors (Lipinski definition) is 5. The van der Waals surface area contributed by atoms with Crippen molar-refractivity contribution in [1.82, 2.24) is 9.38 Å². The third kappa shape index (κ3) is 3.35. The molecule has 0 bridgehead atoms. The third-order valence-corrected chi connectivity index (χ3v) is 7.49. The van der Waals surface area contributed by atoms with Crippen LogP contribution in [0, 0.1) is 0 Å². The maximum Gasteiger partial charge on any atom is 0.494 e. The fourth-order valence-electron chi connectivity index (χ4n) is 4.54. The lowest BCUT2D eigenvalue weighted by Crippen LogP contribution is -2.60. The zero-order valence-corrected chi connectivity index (χ0v) is 19.3. The van der Waals surface area contributed by atoms with Crippen molar-refractivity contribution >= 4 is 30.3 Å². The van der Waals surface area contributed by atoms with Gasteiger partial charge in [0.25, 0.3) is 0 Å². The Hall–Kier alpha value is -1.90. The molecule has 30 heavy (non-hydrogen) atoms. The van der Waals surface area contributed by atoms with Gasteiger partial charge in [-0.3, -0.25) is 0 Å². The van der Waals surface area contributed by atoms with E-state index in [1.165, 1.54) is 4.90 Å². The van der Waals surface area contributed by atoms with Crippen LogP contribution in [0.2, 0.25) is 0 Å². The van der Waals surface area contributed by atoms with E-state index >= 15 is 0 Å². The molecule has 0 radical (unpaired) electrons. The Balaban J connectivity index is 2.14. The molecule has 1 fully saturated rings. The van der Waals surface area contributed by atoms with Crippen LogP contribution in [0.3, 0.4) is 0 Å².